The number of rotatable bonds is 3. The Morgan fingerprint density at radius 3 is 3.00 bits per heavy atom. The number of aromatic nitrogens is 2. The molecule has 21 heavy (non-hydrogen) atoms. The Morgan fingerprint density at radius 1 is 1.48 bits per heavy atom. The van der Waals surface area contributed by atoms with Crippen molar-refractivity contribution in [2.75, 3.05) is 24.7 Å². The van der Waals surface area contributed by atoms with Crippen molar-refractivity contribution in [1.29, 1.82) is 0 Å². The third-order valence-corrected chi connectivity index (χ3v) is 4.52. The van der Waals surface area contributed by atoms with Gasteiger partial charge in [0.25, 0.3) is 0 Å². The van der Waals surface area contributed by atoms with Crippen LogP contribution in [-0.4, -0.2) is 40.7 Å². The van der Waals surface area contributed by atoms with E-state index in [9.17, 15) is 0 Å². The van der Waals surface area contributed by atoms with Gasteiger partial charge >= 0.3 is 0 Å². The molecule has 1 aliphatic rings. The molecule has 6 heteroatoms. The fourth-order valence-corrected chi connectivity index (χ4v) is 3.33. The SMILES string of the molecule is CC1COCCN1c1nc2sccn2c1CNC(C)(C)C. The van der Waals surface area contributed by atoms with Gasteiger partial charge in [0, 0.05) is 30.2 Å². The molecule has 1 atom stereocenters. The van der Waals surface area contributed by atoms with Crippen LogP contribution in [0.1, 0.15) is 33.4 Å². The first-order chi connectivity index (χ1) is 9.96. The van der Waals surface area contributed by atoms with Gasteiger partial charge < -0.3 is 15.0 Å². The van der Waals surface area contributed by atoms with E-state index in [1.165, 1.54) is 5.69 Å². The number of hydrogen-bond acceptors (Lipinski definition) is 5. The minimum Gasteiger partial charge on any atom is -0.377 e. The smallest absolute Gasteiger partial charge is 0.195 e. The Hall–Kier alpha value is -1.11. The summed E-state index contributed by atoms with van der Waals surface area (Å²) >= 11 is 1.69. The largest absolute Gasteiger partial charge is 0.377 e. The van der Waals surface area contributed by atoms with Crippen molar-refractivity contribution < 1.29 is 4.74 Å². The highest BCUT2D eigenvalue weighted by Gasteiger charge is 2.26. The fourth-order valence-electron chi connectivity index (χ4n) is 2.61. The number of morpholine rings is 1. The lowest BCUT2D eigenvalue weighted by Gasteiger charge is -2.34. The summed E-state index contributed by atoms with van der Waals surface area (Å²) in [6.45, 7) is 12.1. The summed E-state index contributed by atoms with van der Waals surface area (Å²) in [5.41, 5.74) is 1.34. The number of thiazole rings is 1. The molecule has 1 N–H and O–H groups in total. The maximum atomic E-state index is 5.55. The third-order valence-electron chi connectivity index (χ3n) is 3.77. The highest BCUT2D eigenvalue weighted by atomic mass is 32.1. The maximum Gasteiger partial charge on any atom is 0.195 e. The van der Waals surface area contributed by atoms with Gasteiger partial charge in [-0.25, -0.2) is 4.98 Å². The molecule has 2 aromatic rings. The first-order valence-corrected chi connectivity index (χ1v) is 8.37. The summed E-state index contributed by atoms with van der Waals surface area (Å²) in [7, 11) is 0. The van der Waals surface area contributed by atoms with E-state index in [0.717, 1.165) is 37.1 Å². The van der Waals surface area contributed by atoms with E-state index in [4.69, 9.17) is 9.72 Å². The summed E-state index contributed by atoms with van der Waals surface area (Å²) in [4.78, 5) is 8.30. The van der Waals surface area contributed by atoms with Crippen LogP contribution in [0.4, 0.5) is 5.82 Å². The molecule has 0 spiro atoms. The van der Waals surface area contributed by atoms with Crippen LogP contribution in [-0.2, 0) is 11.3 Å². The third kappa shape index (κ3) is 3.07. The monoisotopic (exact) mass is 308 g/mol. The fraction of sp³-hybridized carbons (Fsp3) is 0.667. The topological polar surface area (TPSA) is 41.8 Å². The summed E-state index contributed by atoms with van der Waals surface area (Å²) < 4.78 is 7.76. The molecular formula is C15H24N4OS. The molecule has 0 saturated carbocycles. The lowest BCUT2D eigenvalue weighted by molar-refractivity contribution is 0.0984. The highest BCUT2D eigenvalue weighted by molar-refractivity contribution is 7.15. The second kappa shape index (κ2) is 5.59. The van der Waals surface area contributed by atoms with Crippen molar-refractivity contribution >= 4 is 22.1 Å². The molecule has 0 bridgehead atoms. The number of nitrogens with one attached hydrogen (secondary N) is 1. The quantitative estimate of drug-likeness (QED) is 0.946. The number of nitrogens with zero attached hydrogens (tertiary/aromatic N) is 3. The number of hydrogen-bond donors (Lipinski definition) is 1. The van der Waals surface area contributed by atoms with Crippen molar-refractivity contribution in [2.24, 2.45) is 0 Å². The molecule has 1 unspecified atom stereocenters. The van der Waals surface area contributed by atoms with Crippen molar-refractivity contribution in [3.63, 3.8) is 0 Å². The molecule has 116 valence electrons. The summed E-state index contributed by atoms with van der Waals surface area (Å²) in [6.07, 6.45) is 2.11. The maximum absolute atomic E-state index is 5.55. The van der Waals surface area contributed by atoms with Crippen LogP contribution in [0.5, 0.6) is 0 Å². The van der Waals surface area contributed by atoms with Crippen LogP contribution in [0.15, 0.2) is 11.6 Å². The molecule has 0 amide bonds. The van der Waals surface area contributed by atoms with Crippen molar-refractivity contribution in [2.45, 2.75) is 45.8 Å². The molecule has 3 heterocycles. The Labute approximate surface area is 129 Å². The summed E-state index contributed by atoms with van der Waals surface area (Å²) in [6, 6.07) is 0.372. The minimum atomic E-state index is 0.0913. The summed E-state index contributed by atoms with van der Waals surface area (Å²) in [5.74, 6) is 1.11. The average molecular weight is 308 g/mol. The number of anilines is 1. The van der Waals surface area contributed by atoms with Crippen molar-refractivity contribution in [3.05, 3.63) is 17.3 Å². The molecule has 1 aliphatic heterocycles. The van der Waals surface area contributed by atoms with Gasteiger partial charge in [0.05, 0.1) is 24.9 Å². The first-order valence-electron chi connectivity index (χ1n) is 7.49. The molecule has 1 fully saturated rings. The van der Waals surface area contributed by atoms with Gasteiger partial charge in [0.15, 0.2) is 10.8 Å². The molecule has 2 aromatic heterocycles. The van der Waals surface area contributed by atoms with E-state index in [2.05, 4.69) is 53.9 Å². The van der Waals surface area contributed by atoms with E-state index in [0.29, 0.717) is 6.04 Å². The van der Waals surface area contributed by atoms with Crippen LogP contribution >= 0.6 is 11.3 Å². The second-order valence-corrected chi connectivity index (χ2v) is 7.53. The van der Waals surface area contributed by atoms with Crippen molar-refractivity contribution in [1.82, 2.24) is 14.7 Å². The van der Waals surface area contributed by atoms with Gasteiger partial charge in [-0.15, -0.1) is 11.3 Å². The Kier molecular flexibility index (Phi) is 3.94. The summed E-state index contributed by atoms with van der Waals surface area (Å²) in [5, 5.41) is 5.68. The zero-order chi connectivity index (χ0) is 15.0. The average Bonchev–Trinajstić information content (AvgIpc) is 2.96. The molecule has 0 aromatic carbocycles. The Bertz CT molecular complexity index is 613. The predicted molar refractivity (Wildman–Crippen MR) is 87.3 cm³/mol. The lowest BCUT2D eigenvalue weighted by atomic mass is 10.1. The zero-order valence-electron chi connectivity index (χ0n) is 13.2. The molecule has 3 rings (SSSR count). The second-order valence-electron chi connectivity index (χ2n) is 6.66. The molecular weight excluding hydrogens is 284 g/mol. The Morgan fingerprint density at radius 2 is 2.29 bits per heavy atom. The van der Waals surface area contributed by atoms with Crippen LogP contribution in [0.3, 0.4) is 0 Å². The van der Waals surface area contributed by atoms with Gasteiger partial charge in [0.2, 0.25) is 0 Å². The van der Waals surface area contributed by atoms with Gasteiger partial charge in [-0.05, 0) is 27.7 Å². The van der Waals surface area contributed by atoms with E-state index >= 15 is 0 Å². The lowest BCUT2D eigenvalue weighted by Crippen LogP contribution is -2.45. The highest BCUT2D eigenvalue weighted by Crippen LogP contribution is 2.27. The van der Waals surface area contributed by atoms with E-state index < -0.39 is 0 Å². The van der Waals surface area contributed by atoms with E-state index in [-0.39, 0.29) is 5.54 Å². The van der Waals surface area contributed by atoms with Crippen LogP contribution in [0.25, 0.3) is 4.96 Å². The van der Waals surface area contributed by atoms with Crippen molar-refractivity contribution in [3.8, 4) is 0 Å². The standard InChI is InChI=1S/C15H24N4OS/c1-11-10-20-7-5-18(11)13-12(9-16-15(2,3)4)19-6-8-21-14(19)17-13/h6,8,11,16H,5,7,9-10H2,1-4H3. The Balaban J connectivity index is 1.95. The zero-order valence-corrected chi connectivity index (χ0v) is 14.0. The van der Waals surface area contributed by atoms with E-state index in [1.807, 2.05) is 0 Å². The number of fused-ring (bicyclic) bond motifs is 1. The van der Waals surface area contributed by atoms with E-state index in [1.54, 1.807) is 11.3 Å². The van der Waals surface area contributed by atoms with Crippen LogP contribution in [0, 0.1) is 0 Å². The van der Waals surface area contributed by atoms with Gasteiger partial charge in [-0.3, -0.25) is 4.40 Å². The normalized spacial score (nSPS) is 20.4. The molecule has 5 nitrogen and oxygen atoms in total. The van der Waals surface area contributed by atoms with Crippen LogP contribution in [0.2, 0.25) is 0 Å². The number of imidazole rings is 1. The molecule has 1 saturated heterocycles. The first kappa shape index (κ1) is 14.8. The van der Waals surface area contributed by atoms with Gasteiger partial charge in [0.1, 0.15) is 0 Å². The number of ether oxygens (including phenoxy) is 1. The minimum absolute atomic E-state index is 0.0913. The predicted octanol–water partition coefficient (Wildman–Crippen LogP) is 2.51. The molecule has 0 radical (unpaired) electrons. The van der Waals surface area contributed by atoms with Gasteiger partial charge in [-0.1, -0.05) is 0 Å². The van der Waals surface area contributed by atoms with Gasteiger partial charge in [-0.2, -0.15) is 0 Å². The molecule has 0 aliphatic carbocycles. The van der Waals surface area contributed by atoms with Crippen LogP contribution < -0.4 is 10.2 Å².